The molecule has 0 aliphatic heterocycles. The number of aliphatic carboxylic acids is 1. The van der Waals surface area contributed by atoms with Gasteiger partial charge in [0.1, 0.15) is 0 Å². The average Bonchev–Trinajstić information content (AvgIpc) is 2.03. The van der Waals surface area contributed by atoms with Crippen LogP contribution in [0.25, 0.3) is 0 Å². The number of nitrogens with zero attached hydrogens (tertiary/aromatic N) is 1. The molecule has 0 aromatic heterocycles. The van der Waals surface area contributed by atoms with E-state index in [0.717, 1.165) is 0 Å². The monoisotopic (exact) mass is 187 g/mol. The van der Waals surface area contributed by atoms with Gasteiger partial charge in [0.05, 0.1) is 5.41 Å². The van der Waals surface area contributed by atoms with Crippen LogP contribution in [0.1, 0.15) is 34.1 Å². The number of rotatable bonds is 5. The van der Waals surface area contributed by atoms with Crippen LogP contribution in [0.2, 0.25) is 0 Å². The van der Waals surface area contributed by atoms with E-state index in [9.17, 15) is 4.79 Å². The summed E-state index contributed by atoms with van der Waals surface area (Å²) in [6.45, 7) is 8.46. The minimum atomic E-state index is -0.706. The number of carboxylic acids is 1. The van der Waals surface area contributed by atoms with Gasteiger partial charge < -0.3 is 10.0 Å². The van der Waals surface area contributed by atoms with Crippen LogP contribution in [0, 0.1) is 5.41 Å². The van der Waals surface area contributed by atoms with Crippen molar-refractivity contribution in [1.82, 2.24) is 4.90 Å². The lowest BCUT2D eigenvalue weighted by Crippen LogP contribution is -2.41. The van der Waals surface area contributed by atoms with E-state index in [1.54, 1.807) is 6.92 Å². The second-order valence-electron chi connectivity index (χ2n) is 4.23. The van der Waals surface area contributed by atoms with Crippen LogP contribution >= 0.6 is 0 Å². The lowest BCUT2D eigenvalue weighted by Gasteiger charge is -2.31. The Kier molecular flexibility index (Phi) is 4.40. The molecule has 1 unspecified atom stereocenters. The highest BCUT2D eigenvalue weighted by atomic mass is 16.4. The highest BCUT2D eigenvalue weighted by Gasteiger charge is 2.32. The normalized spacial score (nSPS) is 16.2. The standard InChI is InChI=1S/C10H21NO2/c1-6-10(4,9(12)13)7-11(5)8(2)3/h8H,6-7H2,1-5H3,(H,12,13). The summed E-state index contributed by atoms with van der Waals surface area (Å²) in [5, 5.41) is 9.04. The largest absolute Gasteiger partial charge is 0.481 e. The van der Waals surface area contributed by atoms with Crippen molar-refractivity contribution in [2.75, 3.05) is 13.6 Å². The first kappa shape index (κ1) is 12.4. The van der Waals surface area contributed by atoms with Gasteiger partial charge in [0.2, 0.25) is 0 Å². The Labute approximate surface area is 80.7 Å². The minimum Gasteiger partial charge on any atom is -0.481 e. The highest BCUT2D eigenvalue weighted by Crippen LogP contribution is 2.22. The van der Waals surface area contributed by atoms with E-state index in [1.165, 1.54) is 0 Å². The van der Waals surface area contributed by atoms with E-state index in [0.29, 0.717) is 19.0 Å². The third-order valence-corrected chi connectivity index (χ3v) is 2.78. The Morgan fingerprint density at radius 3 is 2.23 bits per heavy atom. The molecule has 0 rings (SSSR count). The van der Waals surface area contributed by atoms with Gasteiger partial charge in [0, 0.05) is 12.6 Å². The third-order valence-electron chi connectivity index (χ3n) is 2.78. The Balaban J connectivity index is 4.36. The fourth-order valence-corrected chi connectivity index (χ4v) is 1.06. The van der Waals surface area contributed by atoms with Gasteiger partial charge >= 0.3 is 5.97 Å². The first-order valence-electron chi connectivity index (χ1n) is 4.77. The Morgan fingerprint density at radius 2 is 2.00 bits per heavy atom. The second-order valence-corrected chi connectivity index (χ2v) is 4.23. The molecule has 0 saturated carbocycles. The number of carboxylic acid groups (broad SMARTS) is 1. The Bertz CT molecular complexity index is 180. The first-order chi connectivity index (χ1) is 5.83. The molecule has 0 aliphatic carbocycles. The van der Waals surface area contributed by atoms with Gasteiger partial charge in [-0.1, -0.05) is 6.92 Å². The van der Waals surface area contributed by atoms with Crippen molar-refractivity contribution in [3.8, 4) is 0 Å². The van der Waals surface area contributed by atoms with Gasteiger partial charge in [-0.3, -0.25) is 4.79 Å². The average molecular weight is 187 g/mol. The van der Waals surface area contributed by atoms with E-state index in [4.69, 9.17) is 5.11 Å². The van der Waals surface area contributed by atoms with Crippen LogP contribution in [0.3, 0.4) is 0 Å². The zero-order chi connectivity index (χ0) is 10.6. The predicted octanol–water partition coefficient (Wildman–Crippen LogP) is 1.83. The predicted molar refractivity (Wildman–Crippen MR) is 53.8 cm³/mol. The van der Waals surface area contributed by atoms with Gasteiger partial charge in [0.25, 0.3) is 0 Å². The fourth-order valence-electron chi connectivity index (χ4n) is 1.06. The number of hydrogen-bond acceptors (Lipinski definition) is 2. The van der Waals surface area contributed by atoms with Crippen molar-refractivity contribution in [1.29, 1.82) is 0 Å². The first-order valence-corrected chi connectivity index (χ1v) is 4.77. The quantitative estimate of drug-likeness (QED) is 0.713. The molecule has 1 N–H and O–H groups in total. The molecular formula is C10H21NO2. The SMILES string of the molecule is CCC(C)(CN(C)C(C)C)C(=O)O. The molecule has 0 radical (unpaired) electrons. The molecule has 0 spiro atoms. The van der Waals surface area contributed by atoms with Crippen molar-refractivity contribution in [2.45, 2.75) is 40.2 Å². The van der Waals surface area contributed by atoms with Crippen LogP contribution in [-0.2, 0) is 4.79 Å². The molecule has 0 aromatic carbocycles. The molecule has 0 saturated heterocycles. The molecule has 0 fully saturated rings. The summed E-state index contributed by atoms with van der Waals surface area (Å²) < 4.78 is 0. The number of hydrogen-bond donors (Lipinski definition) is 1. The van der Waals surface area contributed by atoms with E-state index >= 15 is 0 Å². The van der Waals surface area contributed by atoms with Crippen LogP contribution in [0.15, 0.2) is 0 Å². The number of carbonyl (C=O) groups is 1. The topological polar surface area (TPSA) is 40.5 Å². The van der Waals surface area contributed by atoms with Crippen LogP contribution in [0.5, 0.6) is 0 Å². The van der Waals surface area contributed by atoms with Gasteiger partial charge in [-0.25, -0.2) is 0 Å². The lowest BCUT2D eigenvalue weighted by molar-refractivity contribution is -0.149. The lowest BCUT2D eigenvalue weighted by atomic mass is 9.87. The Morgan fingerprint density at radius 1 is 1.54 bits per heavy atom. The fraction of sp³-hybridized carbons (Fsp3) is 0.900. The van der Waals surface area contributed by atoms with Crippen molar-refractivity contribution >= 4 is 5.97 Å². The molecule has 13 heavy (non-hydrogen) atoms. The minimum absolute atomic E-state index is 0.394. The summed E-state index contributed by atoms with van der Waals surface area (Å²) >= 11 is 0. The van der Waals surface area contributed by atoms with E-state index in [-0.39, 0.29) is 0 Å². The molecule has 78 valence electrons. The van der Waals surface area contributed by atoms with Gasteiger partial charge in [-0.2, -0.15) is 0 Å². The highest BCUT2D eigenvalue weighted by molar-refractivity contribution is 5.74. The summed E-state index contributed by atoms with van der Waals surface area (Å²) in [5.41, 5.74) is -0.612. The summed E-state index contributed by atoms with van der Waals surface area (Å²) in [6.07, 6.45) is 0.666. The van der Waals surface area contributed by atoms with Crippen molar-refractivity contribution in [3.05, 3.63) is 0 Å². The van der Waals surface area contributed by atoms with E-state index in [2.05, 4.69) is 18.7 Å². The summed E-state index contributed by atoms with van der Waals surface area (Å²) in [7, 11) is 1.96. The summed E-state index contributed by atoms with van der Waals surface area (Å²) in [5.74, 6) is -0.706. The molecule has 3 heteroatoms. The third kappa shape index (κ3) is 3.35. The molecule has 0 amide bonds. The van der Waals surface area contributed by atoms with Crippen LogP contribution in [0.4, 0.5) is 0 Å². The molecule has 0 heterocycles. The molecular weight excluding hydrogens is 166 g/mol. The molecule has 0 aromatic rings. The van der Waals surface area contributed by atoms with Gasteiger partial charge in [-0.05, 0) is 34.2 Å². The Hall–Kier alpha value is -0.570. The van der Waals surface area contributed by atoms with Gasteiger partial charge in [-0.15, -0.1) is 0 Å². The van der Waals surface area contributed by atoms with E-state index < -0.39 is 11.4 Å². The molecule has 3 nitrogen and oxygen atoms in total. The van der Waals surface area contributed by atoms with E-state index in [1.807, 2.05) is 14.0 Å². The van der Waals surface area contributed by atoms with Gasteiger partial charge in [0.15, 0.2) is 0 Å². The van der Waals surface area contributed by atoms with Crippen molar-refractivity contribution in [3.63, 3.8) is 0 Å². The molecule has 0 bridgehead atoms. The zero-order valence-electron chi connectivity index (χ0n) is 9.29. The second kappa shape index (κ2) is 4.61. The molecule has 1 atom stereocenters. The smallest absolute Gasteiger partial charge is 0.310 e. The maximum Gasteiger partial charge on any atom is 0.310 e. The zero-order valence-corrected chi connectivity index (χ0v) is 9.29. The van der Waals surface area contributed by atoms with Crippen LogP contribution in [-0.4, -0.2) is 35.6 Å². The van der Waals surface area contributed by atoms with Crippen molar-refractivity contribution < 1.29 is 9.90 Å². The maximum absolute atomic E-state index is 11.0. The molecule has 0 aliphatic rings. The maximum atomic E-state index is 11.0. The van der Waals surface area contributed by atoms with Crippen LogP contribution < -0.4 is 0 Å². The van der Waals surface area contributed by atoms with Crippen molar-refractivity contribution in [2.24, 2.45) is 5.41 Å². The summed E-state index contributed by atoms with van der Waals surface area (Å²) in [6, 6.07) is 0.394. The summed E-state index contributed by atoms with van der Waals surface area (Å²) in [4.78, 5) is 13.1.